The van der Waals surface area contributed by atoms with E-state index in [2.05, 4.69) is 10.3 Å². The molecule has 1 fully saturated rings. The molecule has 0 spiro atoms. The number of rotatable bonds is 5. The second-order valence-electron chi connectivity index (χ2n) is 7.64. The zero-order valence-corrected chi connectivity index (χ0v) is 16.6. The van der Waals surface area contributed by atoms with Crippen molar-refractivity contribution in [2.45, 2.75) is 25.9 Å². The molecule has 0 saturated carbocycles. The summed E-state index contributed by atoms with van der Waals surface area (Å²) >= 11 is 0. The highest BCUT2D eigenvalue weighted by Gasteiger charge is 2.38. The van der Waals surface area contributed by atoms with Crippen LogP contribution in [0, 0.1) is 5.92 Å². The average Bonchev–Trinajstić information content (AvgIpc) is 3.42. The van der Waals surface area contributed by atoms with E-state index in [1.54, 1.807) is 23.2 Å². The molecule has 1 saturated heterocycles. The topological polar surface area (TPSA) is 95.7 Å². The predicted molar refractivity (Wildman–Crippen MR) is 110 cm³/mol. The first-order valence-corrected chi connectivity index (χ1v) is 9.87. The molecular weight excluding hydrogens is 382 g/mol. The Kier molecular flexibility index (Phi) is 5.52. The number of amides is 2. The zero-order chi connectivity index (χ0) is 21.1. The van der Waals surface area contributed by atoms with Crippen LogP contribution in [0.15, 0.2) is 65.5 Å². The average molecular weight is 405 g/mol. The number of aromatic nitrogens is 1. The van der Waals surface area contributed by atoms with E-state index in [-0.39, 0.29) is 23.5 Å². The van der Waals surface area contributed by atoms with Crippen LogP contribution in [-0.2, 0) is 11.3 Å². The molecule has 1 aromatic heterocycles. The third-order valence-corrected chi connectivity index (χ3v) is 5.30. The normalized spacial score (nSPS) is 18.4. The Balaban J connectivity index is 1.41. The smallest absolute Gasteiger partial charge is 0.254 e. The maximum absolute atomic E-state index is 12.9. The lowest BCUT2D eigenvalue weighted by molar-refractivity contribution is -0.125. The van der Waals surface area contributed by atoms with Gasteiger partial charge in [-0.05, 0) is 36.1 Å². The second kappa shape index (κ2) is 8.41. The Morgan fingerprint density at radius 1 is 1.23 bits per heavy atom. The second-order valence-corrected chi connectivity index (χ2v) is 7.64. The van der Waals surface area contributed by atoms with Crippen molar-refractivity contribution in [2.75, 3.05) is 6.54 Å². The zero-order valence-electron chi connectivity index (χ0n) is 16.6. The Morgan fingerprint density at radius 2 is 2.03 bits per heavy atom. The van der Waals surface area contributed by atoms with Gasteiger partial charge in [-0.2, -0.15) is 0 Å². The molecule has 7 nitrogen and oxygen atoms in total. The molecule has 2 atom stereocenters. The summed E-state index contributed by atoms with van der Waals surface area (Å²) in [5.41, 5.74) is 2.24. The lowest BCUT2D eigenvalue weighted by Crippen LogP contribution is -2.45. The van der Waals surface area contributed by atoms with E-state index >= 15 is 0 Å². The van der Waals surface area contributed by atoms with Crippen LogP contribution in [0.4, 0.5) is 0 Å². The first kappa shape index (κ1) is 19.7. The molecule has 7 heteroatoms. The maximum Gasteiger partial charge on any atom is 0.254 e. The summed E-state index contributed by atoms with van der Waals surface area (Å²) in [6, 6.07) is 13.4. The van der Waals surface area contributed by atoms with Crippen molar-refractivity contribution < 1.29 is 19.1 Å². The van der Waals surface area contributed by atoms with E-state index in [0.717, 1.165) is 11.1 Å². The summed E-state index contributed by atoms with van der Waals surface area (Å²) < 4.78 is 5.28. The van der Waals surface area contributed by atoms with E-state index in [9.17, 15) is 14.7 Å². The summed E-state index contributed by atoms with van der Waals surface area (Å²) in [5, 5.41) is 12.6. The minimum atomic E-state index is -0.525. The lowest BCUT2D eigenvalue weighted by atomic mass is 10.1. The van der Waals surface area contributed by atoms with E-state index in [1.165, 1.54) is 18.5 Å². The molecule has 0 bridgehead atoms. The van der Waals surface area contributed by atoms with Gasteiger partial charge in [0.1, 0.15) is 11.8 Å². The molecule has 0 unspecified atom stereocenters. The van der Waals surface area contributed by atoms with Gasteiger partial charge >= 0.3 is 0 Å². The summed E-state index contributed by atoms with van der Waals surface area (Å²) in [7, 11) is 0. The molecule has 0 aliphatic carbocycles. The van der Waals surface area contributed by atoms with Crippen molar-refractivity contribution in [1.82, 2.24) is 15.2 Å². The fourth-order valence-electron chi connectivity index (χ4n) is 3.78. The number of phenols is 1. The molecule has 30 heavy (non-hydrogen) atoms. The Hall–Kier alpha value is -3.61. The van der Waals surface area contributed by atoms with Crippen molar-refractivity contribution in [2.24, 2.45) is 5.92 Å². The van der Waals surface area contributed by atoms with Crippen LogP contribution in [0.5, 0.6) is 5.75 Å². The first-order chi connectivity index (χ1) is 14.5. The number of aromatic hydroxyl groups is 1. The van der Waals surface area contributed by atoms with Gasteiger partial charge in [-0.15, -0.1) is 0 Å². The largest absolute Gasteiger partial charge is 0.508 e. The third kappa shape index (κ3) is 4.20. The number of nitrogens with zero attached hydrogens (tertiary/aromatic N) is 2. The van der Waals surface area contributed by atoms with Crippen LogP contribution < -0.4 is 5.32 Å². The van der Waals surface area contributed by atoms with E-state index < -0.39 is 6.04 Å². The van der Waals surface area contributed by atoms with Gasteiger partial charge in [0.25, 0.3) is 5.91 Å². The first-order valence-electron chi connectivity index (χ1n) is 9.87. The van der Waals surface area contributed by atoms with E-state index in [1.807, 2.05) is 31.2 Å². The van der Waals surface area contributed by atoms with Crippen LogP contribution >= 0.6 is 0 Å². The predicted octanol–water partition coefficient (Wildman–Crippen LogP) is 3.21. The fraction of sp³-hybridized carbons (Fsp3) is 0.261. The number of phenolic OH excluding ortho intramolecular Hbond substituents is 1. The van der Waals surface area contributed by atoms with Crippen molar-refractivity contribution in [1.29, 1.82) is 0 Å². The SMILES string of the molecule is C[C@@H]1C[C@@H](C(=O)NCc2ccc(-c3cnco3)cc2)N(C(=O)c2cccc(O)c2)C1. The molecule has 0 radical (unpaired) electrons. The van der Waals surface area contributed by atoms with Crippen molar-refractivity contribution in [3.63, 3.8) is 0 Å². The number of likely N-dealkylation sites (tertiary alicyclic amines) is 1. The number of benzene rings is 2. The third-order valence-electron chi connectivity index (χ3n) is 5.30. The van der Waals surface area contributed by atoms with Gasteiger partial charge < -0.3 is 19.7 Å². The molecule has 1 aliphatic rings. The van der Waals surface area contributed by atoms with Gasteiger partial charge in [0.15, 0.2) is 12.2 Å². The highest BCUT2D eigenvalue weighted by atomic mass is 16.3. The van der Waals surface area contributed by atoms with Gasteiger partial charge in [0, 0.05) is 24.2 Å². The molecule has 3 aromatic rings. The molecule has 2 N–H and O–H groups in total. The summed E-state index contributed by atoms with van der Waals surface area (Å²) in [5.74, 6) is 0.525. The summed E-state index contributed by atoms with van der Waals surface area (Å²) in [6.07, 6.45) is 3.65. The highest BCUT2D eigenvalue weighted by molar-refractivity contribution is 5.98. The molecule has 1 aliphatic heterocycles. The number of carbonyl (C=O) groups excluding carboxylic acids is 2. The van der Waals surface area contributed by atoms with E-state index in [4.69, 9.17) is 4.42 Å². The van der Waals surface area contributed by atoms with Gasteiger partial charge in [-0.3, -0.25) is 9.59 Å². The Labute approximate surface area is 174 Å². The van der Waals surface area contributed by atoms with Gasteiger partial charge in [0.05, 0.1) is 6.20 Å². The summed E-state index contributed by atoms with van der Waals surface area (Å²) in [6.45, 7) is 2.91. The van der Waals surface area contributed by atoms with Crippen molar-refractivity contribution >= 4 is 11.8 Å². The minimum Gasteiger partial charge on any atom is -0.508 e. The minimum absolute atomic E-state index is 0.0304. The fourth-order valence-corrected chi connectivity index (χ4v) is 3.78. The molecule has 154 valence electrons. The van der Waals surface area contributed by atoms with Crippen LogP contribution in [-0.4, -0.2) is 39.4 Å². The van der Waals surface area contributed by atoms with Gasteiger partial charge in [-0.1, -0.05) is 37.3 Å². The van der Waals surface area contributed by atoms with Crippen molar-refractivity contribution in [3.05, 3.63) is 72.2 Å². The molecular formula is C23H23N3O4. The van der Waals surface area contributed by atoms with Crippen LogP contribution in [0.3, 0.4) is 0 Å². The van der Waals surface area contributed by atoms with Gasteiger partial charge in [0.2, 0.25) is 5.91 Å². The number of hydrogen-bond donors (Lipinski definition) is 2. The number of nitrogens with one attached hydrogen (secondary N) is 1. The van der Waals surface area contributed by atoms with Gasteiger partial charge in [-0.25, -0.2) is 4.98 Å². The van der Waals surface area contributed by atoms with E-state index in [0.29, 0.717) is 30.8 Å². The number of carbonyl (C=O) groups is 2. The highest BCUT2D eigenvalue weighted by Crippen LogP contribution is 2.26. The van der Waals surface area contributed by atoms with Crippen molar-refractivity contribution in [3.8, 4) is 17.1 Å². The molecule has 2 aromatic carbocycles. The molecule has 2 heterocycles. The monoisotopic (exact) mass is 405 g/mol. The lowest BCUT2D eigenvalue weighted by Gasteiger charge is -2.24. The molecule has 4 rings (SSSR count). The quantitative estimate of drug-likeness (QED) is 0.680. The Bertz CT molecular complexity index is 1030. The van der Waals surface area contributed by atoms with Crippen LogP contribution in [0.2, 0.25) is 0 Å². The summed E-state index contributed by atoms with van der Waals surface area (Å²) in [4.78, 5) is 31.3. The number of oxazole rings is 1. The number of hydrogen-bond acceptors (Lipinski definition) is 5. The van der Waals surface area contributed by atoms with Crippen LogP contribution in [0.1, 0.15) is 29.3 Å². The Morgan fingerprint density at radius 3 is 2.73 bits per heavy atom. The molecule has 2 amide bonds. The maximum atomic E-state index is 12.9. The van der Waals surface area contributed by atoms with Crippen LogP contribution in [0.25, 0.3) is 11.3 Å². The standard InChI is InChI=1S/C23H23N3O4/c1-15-9-20(26(13-15)23(29)18-3-2-4-19(27)10-18)22(28)25-11-16-5-7-17(8-6-16)21-12-24-14-30-21/h2-8,10,12,14-15,20,27H,9,11,13H2,1H3,(H,25,28)/t15-,20+/m1/s1.